The molecule has 0 radical (unpaired) electrons. The van der Waals surface area contributed by atoms with Crippen LogP contribution in [0.25, 0.3) is 0 Å². The lowest BCUT2D eigenvalue weighted by Gasteiger charge is -2.49. The van der Waals surface area contributed by atoms with Crippen LogP contribution in [-0.2, 0) is 9.53 Å². The number of nitrogens with zero attached hydrogens (tertiary/aromatic N) is 1. The Balaban J connectivity index is 2.12. The molecule has 1 aliphatic carbocycles. The van der Waals surface area contributed by atoms with Crippen LogP contribution >= 0.6 is 0 Å². The van der Waals surface area contributed by atoms with Crippen molar-refractivity contribution >= 4 is 12.4 Å². The first kappa shape index (κ1) is 12.4. The molecule has 4 nitrogen and oxygen atoms in total. The van der Waals surface area contributed by atoms with Gasteiger partial charge in [-0.2, -0.15) is 0 Å². The third-order valence-electron chi connectivity index (χ3n) is 3.68. The molecule has 2 heterocycles. The SMILES string of the molecule is CC(C)(C)OC(=O)N1[C@H]2CC[C@@H](CC2)[C@@H]1C=O. The molecule has 1 saturated carbocycles. The third-order valence-corrected chi connectivity index (χ3v) is 3.68. The van der Waals surface area contributed by atoms with Crippen LogP contribution in [0.4, 0.5) is 4.79 Å². The number of hydrogen-bond donors (Lipinski definition) is 0. The van der Waals surface area contributed by atoms with Crippen molar-refractivity contribution in [1.29, 1.82) is 0 Å². The molecular weight excluding hydrogens is 218 g/mol. The molecule has 17 heavy (non-hydrogen) atoms. The smallest absolute Gasteiger partial charge is 0.411 e. The number of carbonyl (C=O) groups is 2. The number of piperidine rings is 2. The van der Waals surface area contributed by atoms with E-state index in [9.17, 15) is 9.59 Å². The minimum atomic E-state index is -0.499. The highest BCUT2D eigenvalue weighted by molar-refractivity contribution is 5.75. The Bertz CT molecular complexity index is 313. The maximum absolute atomic E-state index is 12.1. The van der Waals surface area contributed by atoms with E-state index in [1.54, 1.807) is 4.90 Å². The van der Waals surface area contributed by atoms with Crippen LogP contribution in [0.2, 0.25) is 0 Å². The van der Waals surface area contributed by atoms with Gasteiger partial charge < -0.3 is 9.53 Å². The second-order valence-corrected chi connectivity index (χ2v) is 6.08. The summed E-state index contributed by atoms with van der Waals surface area (Å²) in [5, 5.41) is 0. The Kier molecular flexibility index (Phi) is 3.15. The average molecular weight is 239 g/mol. The lowest BCUT2D eigenvalue weighted by molar-refractivity contribution is -0.120. The van der Waals surface area contributed by atoms with E-state index in [0.717, 1.165) is 32.0 Å². The van der Waals surface area contributed by atoms with Crippen LogP contribution < -0.4 is 0 Å². The molecule has 0 spiro atoms. The summed E-state index contributed by atoms with van der Waals surface area (Å²) in [6.45, 7) is 5.55. The first-order valence-corrected chi connectivity index (χ1v) is 6.39. The standard InChI is InChI=1S/C13H21NO3/c1-13(2,3)17-12(16)14-10-6-4-9(5-7-10)11(14)8-15/h8-11H,4-7H2,1-3H3/t9-,10-,11-/m0/s1. The summed E-state index contributed by atoms with van der Waals surface area (Å²) in [7, 11) is 0. The molecule has 0 unspecified atom stereocenters. The van der Waals surface area contributed by atoms with Crippen molar-refractivity contribution in [1.82, 2.24) is 4.90 Å². The maximum atomic E-state index is 12.1. The summed E-state index contributed by atoms with van der Waals surface area (Å²) in [4.78, 5) is 25.0. The van der Waals surface area contributed by atoms with Crippen LogP contribution in [0.5, 0.6) is 0 Å². The molecule has 3 rings (SSSR count). The zero-order chi connectivity index (χ0) is 12.6. The van der Waals surface area contributed by atoms with E-state index >= 15 is 0 Å². The van der Waals surface area contributed by atoms with Gasteiger partial charge in [0.05, 0.1) is 6.04 Å². The lowest BCUT2D eigenvalue weighted by atomic mass is 9.75. The molecule has 3 aliphatic rings. The Morgan fingerprint density at radius 1 is 1.24 bits per heavy atom. The Morgan fingerprint density at radius 3 is 2.29 bits per heavy atom. The van der Waals surface area contributed by atoms with Crippen molar-refractivity contribution in [2.45, 2.75) is 64.1 Å². The second-order valence-electron chi connectivity index (χ2n) is 6.08. The first-order chi connectivity index (χ1) is 7.92. The molecule has 2 aliphatic heterocycles. The van der Waals surface area contributed by atoms with Crippen molar-refractivity contribution in [3.63, 3.8) is 0 Å². The Morgan fingerprint density at radius 2 is 1.82 bits per heavy atom. The van der Waals surface area contributed by atoms with Gasteiger partial charge in [0.2, 0.25) is 0 Å². The fraction of sp³-hybridized carbons (Fsp3) is 0.846. The predicted octanol–water partition coefficient (Wildman–Crippen LogP) is 2.36. The van der Waals surface area contributed by atoms with Gasteiger partial charge >= 0.3 is 6.09 Å². The highest BCUT2D eigenvalue weighted by atomic mass is 16.6. The summed E-state index contributed by atoms with van der Waals surface area (Å²) in [5.74, 6) is 0.338. The summed E-state index contributed by atoms with van der Waals surface area (Å²) >= 11 is 0. The zero-order valence-electron chi connectivity index (χ0n) is 10.8. The van der Waals surface area contributed by atoms with Gasteiger partial charge in [-0.3, -0.25) is 4.90 Å². The summed E-state index contributed by atoms with van der Waals surface area (Å²) < 4.78 is 5.39. The van der Waals surface area contributed by atoms with Crippen molar-refractivity contribution < 1.29 is 14.3 Å². The van der Waals surface area contributed by atoms with E-state index in [4.69, 9.17) is 4.74 Å². The van der Waals surface area contributed by atoms with Crippen LogP contribution in [0, 0.1) is 5.92 Å². The van der Waals surface area contributed by atoms with E-state index in [1.165, 1.54) is 0 Å². The molecule has 96 valence electrons. The molecule has 0 aromatic heterocycles. The van der Waals surface area contributed by atoms with Gasteiger partial charge in [0.25, 0.3) is 0 Å². The molecule has 2 saturated heterocycles. The number of hydrogen-bond acceptors (Lipinski definition) is 3. The number of amides is 1. The minimum Gasteiger partial charge on any atom is -0.444 e. The quantitative estimate of drug-likeness (QED) is 0.660. The molecular formula is C13H21NO3. The number of ether oxygens (including phenoxy) is 1. The number of fused-ring (bicyclic) bond motifs is 3. The van der Waals surface area contributed by atoms with Crippen LogP contribution in [0.3, 0.4) is 0 Å². The lowest BCUT2D eigenvalue weighted by Crippen LogP contribution is -2.59. The van der Waals surface area contributed by atoms with Gasteiger partial charge in [-0.05, 0) is 52.4 Å². The molecule has 0 N–H and O–H groups in total. The van der Waals surface area contributed by atoms with Gasteiger partial charge in [-0.15, -0.1) is 0 Å². The van der Waals surface area contributed by atoms with E-state index in [2.05, 4.69) is 0 Å². The van der Waals surface area contributed by atoms with Crippen molar-refractivity contribution in [2.24, 2.45) is 5.92 Å². The van der Waals surface area contributed by atoms with E-state index < -0.39 is 5.60 Å². The minimum absolute atomic E-state index is 0.199. The van der Waals surface area contributed by atoms with Gasteiger partial charge in [0, 0.05) is 6.04 Å². The highest BCUT2D eigenvalue weighted by Gasteiger charge is 2.45. The molecule has 2 bridgehead atoms. The highest BCUT2D eigenvalue weighted by Crippen LogP contribution is 2.39. The second kappa shape index (κ2) is 4.31. The predicted molar refractivity (Wildman–Crippen MR) is 63.7 cm³/mol. The van der Waals surface area contributed by atoms with Crippen molar-refractivity contribution in [3.8, 4) is 0 Å². The number of aldehydes is 1. The Hall–Kier alpha value is -1.06. The third kappa shape index (κ3) is 2.45. The Labute approximate surface area is 102 Å². The van der Waals surface area contributed by atoms with Gasteiger partial charge in [-0.25, -0.2) is 4.79 Å². The molecule has 1 amide bonds. The topological polar surface area (TPSA) is 46.6 Å². The van der Waals surface area contributed by atoms with E-state index in [-0.39, 0.29) is 18.2 Å². The van der Waals surface area contributed by atoms with Crippen LogP contribution in [0.1, 0.15) is 46.5 Å². The normalized spacial score (nSPS) is 32.4. The van der Waals surface area contributed by atoms with Gasteiger partial charge in [0.15, 0.2) is 0 Å². The summed E-state index contributed by atoms with van der Waals surface area (Å²) in [6.07, 6.45) is 4.73. The van der Waals surface area contributed by atoms with Gasteiger partial charge in [-0.1, -0.05) is 0 Å². The maximum Gasteiger partial charge on any atom is 0.411 e. The largest absolute Gasteiger partial charge is 0.444 e. The number of carbonyl (C=O) groups excluding carboxylic acids is 2. The first-order valence-electron chi connectivity index (χ1n) is 6.39. The molecule has 0 aromatic carbocycles. The number of rotatable bonds is 1. The summed E-state index contributed by atoms with van der Waals surface area (Å²) in [6, 6.07) is -0.0672. The fourth-order valence-electron chi connectivity index (χ4n) is 2.95. The fourth-order valence-corrected chi connectivity index (χ4v) is 2.95. The summed E-state index contributed by atoms with van der Waals surface area (Å²) in [5.41, 5.74) is -0.499. The molecule has 1 atom stereocenters. The zero-order valence-corrected chi connectivity index (χ0v) is 10.8. The molecule has 0 aromatic rings. The van der Waals surface area contributed by atoms with Crippen molar-refractivity contribution in [2.75, 3.05) is 0 Å². The van der Waals surface area contributed by atoms with Crippen LogP contribution in [-0.4, -0.2) is 35.0 Å². The molecule has 3 fully saturated rings. The van der Waals surface area contributed by atoms with E-state index in [0.29, 0.717) is 5.92 Å². The molecule has 4 heteroatoms. The monoisotopic (exact) mass is 239 g/mol. The van der Waals surface area contributed by atoms with Gasteiger partial charge in [0.1, 0.15) is 11.9 Å². The van der Waals surface area contributed by atoms with Crippen LogP contribution in [0.15, 0.2) is 0 Å². The van der Waals surface area contributed by atoms with E-state index in [1.807, 2.05) is 20.8 Å². The average Bonchev–Trinajstić information content (AvgIpc) is 2.26. The van der Waals surface area contributed by atoms with Crippen molar-refractivity contribution in [3.05, 3.63) is 0 Å².